The number of hydrogen-bond donors (Lipinski definition) is 1. The summed E-state index contributed by atoms with van der Waals surface area (Å²) < 4.78 is 7.63. The number of ether oxygens (including phenoxy) is 1. The van der Waals surface area contributed by atoms with Crippen molar-refractivity contribution in [3.63, 3.8) is 0 Å². The molecule has 1 aromatic carbocycles. The van der Waals surface area contributed by atoms with Crippen LogP contribution >= 0.6 is 31.9 Å². The van der Waals surface area contributed by atoms with Crippen molar-refractivity contribution in [3.05, 3.63) is 26.6 Å². The molecule has 0 atom stereocenters. The third kappa shape index (κ3) is 3.96. The summed E-state index contributed by atoms with van der Waals surface area (Å²) in [5.74, 6) is 0.887. The largest absolute Gasteiger partial charge is 0.492 e. The Labute approximate surface area is 132 Å². The maximum Gasteiger partial charge on any atom is 0.147 e. The molecule has 2 nitrogen and oxygen atoms in total. The summed E-state index contributed by atoms with van der Waals surface area (Å²) in [6.07, 6.45) is 5.26. The van der Waals surface area contributed by atoms with Gasteiger partial charge in [0.1, 0.15) is 5.75 Å². The molecule has 1 aliphatic carbocycles. The van der Waals surface area contributed by atoms with Gasteiger partial charge in [-0.1, -0.05) is 12.8 Å². The van der Waals surface area contributed by atoms with Crippen LogP contribution in [0.15, 0.2) is 21.1 Å². The molecule has 19 heavy (non-hydrogen) atoms. The van der Waals surface area contributed by atoms with Gasteiger partial charge in [0.25, 0.3) is 0 Å². The zero-order valence-electron chi connectivity index (χ0n) is 11.6. The summed E-state index contributed by atoms with van der Waals surface area (Å²) in [6.45, 7) is 5.90. The van der Waals surface area contributed by atoms with Crippen molar-refractivity contribution in [2.24, 2.45) is 0 Å². The molecule has 0 bridgehead atoms. The predicted molar refractivity (Wildman–Crippen MR) is 86.7 cm³/mol. The van der Waals surface area contributed by atoms with Crippen LogP contribution in [0.25, 0.3) is 0 Å². The van der Waals surface area contributed by atoms with Gasteiger partial charge in [0.2, 0.25) is 0 Å². The predicted octanol–water partition coefficient (Wildman–Crippen LogP) is 5.03. The van der Waals surface area contributed by atoms with E-state index in [1.807, 2.05) is 6.92 Å². The molecule has 1 N–H and O–H groups in total. The minimum atomic E-state index is 0.317. The lowest BCUT2D eigenvalue weighted by atomic mass is 10.0. The summed E-state index contributed by atoms with van der Waals surface area (Å²) in [4.78, 5) is 0. The topological polar surface area (TPSA) is 21.3 Å². The Morgan fingerprint density at radius 1 is 1.21 bits per heavy atom. The summed E-state index contributed by atoms with van der Waals surface area (Å²) in [6, 6.07) is 4.28. The molecule has 106 valence electrons. The van der Waals surface area contributed by atoms with Gasteiger partial charge in [0.15, 0.2) is 0 Å². The molecule has 2 rings (SSSR count). The van der Waals surface area contributed by atoms with E-state index in [0.717, 1.165) is 21.2 Å². The Balaban J connectivity index is 2.05. The third-order valence-corrected chi connectivity index (χ3v) is 4.95. The smallest absolute Gasteiger partial charge is 0.147 e. The third-order valence-electron chi connectivity index (χ3n) is 3.77. The molecule has 0 spiro atoms. The zero-order valence-corrected chi connectivity index (χ0v) is 14.7. The standard InChI is InChI=1S/C15H21Br2NO/c1-3-19-14-12(16)8-11(9-13(14)17)10-18-15(2)6-4-5-7-15/h8-9,18H,3-7,10H2,1-2H3. The first-order valence-corrected chi connectivity index (χ1v) is 8.48. The average Bonchev–Trinajstić information content (AvgIpc) is 2.79. The molecule has 0 radical (unpaired) electrons. The van der Waals surface area contributed by atoms with E-state index in [0.29, 0.717) is 12.1 Å². The van der Waals surface area contributed by atoms with Crippen molar-refractivity contribution < 1.29 is 4.74 Å². The summed E-state index contributed by atoms with van der Waals surface area (Å²) in [5, 5.41) is 3.70. The van der Waals surface area contributed by atoms with Crippen LogP contribution < -0.4 is 10.1 Å². The maximum absolute atomic E-state index is 5.61. The van der Waals surface area contributed by atoms with Crippen molar-refractivity contribution in [1.29, 1.82) is 0 Å². The van der Waals surface area contributed by atoms with E-state index in [4.69, 9.17) is 4.74 Å². The van der Waals surface area contributed by atoms with E-state index < -0.39 is 0 Å². The van der Waals surface area contributed by atoms with Crippen LogP contribution in [0.1, 0.15) is 45.1 Å². The summed E-state index contributed by atoms with van der Waals surface area (Å²) in [5.41, 5.74) is 1.59. The van der Waals surface area contributed by atoms with Crippen LogP contribution in [0.3, 0.4) is 0 Å². The van der Waals surface area contributed by atoms with Gasteiger partial charge < -0.3 is 10.1 Å². The quantitative estimate of drug-likeness (QED) is 0.760. The molecule has 0 aromatic heterocycles. The molecule has 0 heterocycles. The average molecular weight is 391 g/mol. The lowest BCUT2D eigenvalue weighted by Gasteiger charge is -2.25. The second-order valence-electron chi connectivity index (χ2n) is 5.44. The Morgan fingerprint density at radius 2 is 1.79 bits per heavy atom. The van der Waals surface area contributed by atoms with Crippen molar-refractivity contribution in [3.8, 4) is 5.75 Å². The SMILES string of the molecule is CCOc1c(Br)cc(CNC2(C)CCCC2)cc1Br. The molecule has 1 saturated carbocycles. The first-order valence-electron chi connectivity index (χ1n) is 6.90. The monoisotopic (exact) mass is 389 g/mol. The second kappa shape index (κ2) is 6.59. The van der Waals surface area contributed by atoms with Gasteiger partial charge in [-0.15, -0.1) is 0 Å². The Bertz CT molecular complexity index is 419. The van der Waals surface area contributed by atoms with Crippen LogP contribution in [0.5, 0.6) is 5.75 Å². The van der Waals surface area contributed by atoms with E-state index in [2.05, 4.69) is 56.2 Å². The fourth-order valence-electron chi connectivity index (χ4n) is 2.64. The molecule has 1 fully saturated rings. The number of rotatable bonds is 5. The highest BCUT2D eigenvalue weighted by Gasteiger charge is 2.27. The first kappa shape index (κ1) is 15.3. The second-order valence-corrected chi connectivity index (χ2v) is 7.15. The Morgan fingerprint density at radius 3 is 2.32 bits per heavy atom. The molecule has 1 aliphatic rings. The van der Waals surface area contributed by atoms with Crippen LogP contribution in [0, 0.1) is 0 Å². The number of nitrogens with one attached hydrogen (secondary N) is 1. The fraction of sp³-hybridized carbons (Fsp3) is 0.600. The van der Waals surface area contributed by atoms with Crippen LogP contribution in [0.4, 0.5) is 0 Å². The maximum atomic E-state index is 5.61. The van der Waals surface area contributed by atoms with E-state index in [1.165, 1.54) is 31.2 Å². The molecule has 0 saturated heterocycles. The van der Waals surface area contributed by atoms with E-state index in [-0.39, 0.29) is 0 Å². The lowest BCUT2D eigenvalue weighted by Crippen LogP contribution is -2.38. The van der Waals surface area contributed by atoms with Crippen molar-refractivity contribution >= 4 is 31.9 Å². The van der Waals surface area contributed by atoms with Crippen molar-refractivity contribution in [2.75, 3.05) is 6.61 Å². The molecule has 1 aromatic rings. The van der Waals surface area contributed by atoms with Gasteiger partial charge in [-0.3, -0.25) is 0 Å². The number of hydrogen-bond acceptors (Lipinski definition) is 2. The number of benzene rings is 1. The Hall–Kier alpha value is -0.0600. The lowest BCUT2D eigenvalue weighted by molar-refractivity contribution is 0.335. The zero-order chi connectivity index (χ0) is 13.9. The van der Waals surface area contributed by atoms with Gasteiger partial charge in [-0.25, -0.2) is 0 Å². The van der Waals surface area contributed by atoms with Gasteiger partial charge in [0, 0.05) is 12.1 Å². The highest BCUT2D eigenvalue weighted by Crippen LogP contribution is 2.35. The van der Waals surface area contributed by atoms with E-state index in [9.17, 15) is 0 Å². The van der Waals surface area contributed by atoms with Gasteiger partial charge in [-0.05, 0) is 76.2 Å². The van der Waals surface area contributed by atoms with Crippen molar-refractivity contribution in [1.82, 2.24) is 5.32 Å². The van der Waals surface area contributed by atoms with Crippen LogP contribution in [-0.2, 0) is 6.54 Å². The summed E-state index contributed by atoms with van der Waals surface area (Å²) >= 11 is 7.17. The van der Waals surface area contributed by atoms with Gasteiger partial charge >= 0.3 is 0 Å². The highest BCUT2D eigenvalue weighted by molar-refractivity contribution is 9.11. The minimum absolute atomic E-state index is 0.317. The molecule has 0 aliphatic heterocycles. The fourth-order valence-corrected chi connectivity index (χ4v) is 4.15. The molecule has 0 unspecified atom stereocenters. The van der Waals surface area contributed by atoms with Crippen LogP contribution in [-0.4, -0.2) is 12.1 Å². The van der Waals surface area contributed by atoms with Gasteiger partial charge in [-0.2, -0.15) is 0 Å². The van der Waals surface area contributed by atoms with Crippen molar-refractivity contribution in [2.45, 2.75) is 51.6 Å². The van der Waals surface area contributed by atoms with Gasteiger partial charge in [0.05, 0.1) is 15.6 Å². The van der Waals surface area contributed by atoms with E-state index >= 15 is 0 Å². The molecule has 4 heteroatoms. The molecular formula is C15H21Br2NO. The Kier molecular flexibility index (Phi) is 5.32. The number of halogens is 2. The van der Waals surface area contributed by atoms with E-state index in [1.54, 1.807) is 0 Å². The van der Waals surface area contributed by atoms with Crippen LogP contribution in [0.2, 0.25) is 0 Å². The highest BCUT2D eigenvalue weighted by atomic mass is 79.9. The normalized spacial score (nSPS) is 17.7. The molecular weight excluding hydrogens is 370 g/mol. The summed E-state index contributed by atoms with van der Waals surface area (Å²) in [7, 11) is 0. The molecule has 0 amide bonds. The minimum Gasteiger partial charge on any atom is -0.492 e. The first-order chi connectivity index (χ1) is 9.04.